The van der Waals surface area contributed by atoms with Gasteiger partial charge in [-0.25, -0.2) is 4.79 Å². The summed E-state index contributed by atoms with van der Waals surface area (Å²) in [5.74, 6) is -1.81. The number of pyridine rings is 1. The highest BCUT2D eigenvalue weighted by Gasteiger charge is 2.26. The van der Waals surface area contributed by atoms with Crippen molar-refractivity contribution in [1.82, 2.24) is 15.2 Å². The zero-order valence-electron chi connectivity index (χ0n) is 15.6. The molecule has 2 rings (SSSR count). The number of nitrogens with zero attached hydrogens (tertiary/aromatic N) is 2. The highest BCUT2D eigenvalue weighted by atomic mass is 16.4. The first-order valence-corrected chi connectivity index (χ1v) is 8.60. The molecule has 0 spiro atoms. The minimum Gasteiger partial charge on any atom is -0.480 e. The Morgan fingerprint density at radius 3 is 2.56 bits per heavy atom. The molecule has 0 aliphatic rings. The summed E-state index contributed by atoms with van der Waals surface area (Å²) in [4.78, 5) is 40.7. The van der Waals surface area contributed by atoms with Gasteiger partial charge in [-0.1, -0.05) is 29.8 Å². The molecule has 0 aliphatic heterocycles. The average Bonchev–Trinajstić information content (AvgIpc) is 2.64. The van der Waals surface area contributed by atoms with E-state index in [4.69, 9.17) is 0 Å². The number of benzene rings is 1. The number of hydrogen-bond acceptors (Lipinski definition) is 4. The summed E-state index contributed by atoms with van der Waals surface area (Å²) in [6.45, 7) is 5.03. The van der Waals surface area contributed by atoms with Gasteiger partial charge < -0.3 is 15.3 Å². The number of aromatic nitrogens is 1. The van der Waals surface area contributed by atoms with Crippen LogP contribution in [0.4, 0.5) is 0 Å². The summed E-state index contributed by atoms with van der Waals surface area (Å²) >= 11 is 0. The first-order valence-electron chi connectivity index (χ1n) is 8.60. The molecule has 7 heteroatoms. The molecule has 0 radical (unpaired) electrons. The van der Waals surface area contributed by atoms with Gasteiger partial charge in [0.1, 0.15) is 6.04 Å². The minimum atomic E-state index is -1.12. The number of rotatable bonds is 7. The van der Waals surface area contributed by atoms with E-state index < -0.39 is 17.9 Å². The minimum absolute atomic E-state index is 0.0839. The zero-order valence-corrected chi connectivity index (χ0v) is 15.6. The third kappa shape index (κ3) is 5.37. The SMILES string of the molecule is CC(=O)NCCN(C(=O)c1cncc(-c2cccc(C)c2)c1)C(C)C(=O)O. The van der Waals surface area contributed by atoms with Gasteiger partial charge in [0.25, 0.3) is 5.91 Å². The first kappa shape index (κ1) is 20.1. The summed E-state index contributed by atoms with van der Waals surface area (Å²) < 4.78 is 0. The lowest BCUT2D eigenvalue weighted by atomic mass is 10.0. The summed E-state index contributed by atoms with van der Waals surface area (Å²) in [6.07, 6.45) is 3.08. The van der Waals surface area contributed by atoms with E-state index in [-0.39, 0.29) is 19.0 Å². The van der Waals surface area contributed by atoms with Gasteiger partial charge in [-0.3, -0.25) is 14.6 Å². The van der Waals surface area contributed by atoms with E-state index in [1.165, 1.54) is 24.9 Å². The largest absolute Gasteiger partial charge is 0.480 e. The number of nitrogens with one attached hydrogen (secondary N) is 1. The summed E-state index contributed by atoms with van der Waals surface area (Å²) in [7, 11) is 0. The van der Waals surface area contributed by atoms with Crippen molar-refractivity contribution in [3.05, 3.63) is 53.9 Å². The van der Waals surface area contributed by atoms with Crippen molar-refractivity contribution in [3.8, 4) is 11.1 Å². The van der Waals surface area contributed by atoms with Gasteiger partial charge in [0, 0.05) is 38.0 Å². The van der Waals surface area contributed by atoms with Crippen LogP contribution in [0.25, 0.3) is 11.1 Å². The standard InChI is InChI=1S/C20H23N3O4/c1-13-5-4-6-16(9-13)17-10-18(12-21-11-17)19(25)23(14(2)20(26)27)8-7-22-15(3)24/h4-6,9-12,14H,7-8H2,1-3H3,(H,22,24)(H,26,27). The van der Waals surface area contributed by atoms with E-state index in [0.717, 1.165) is 16.7 Å². The molecule has 27 heavy (non-hydrogen) atoms. The van der Waals surface area contributed by atoms with Crippen LogP contribution in [0.1, 0.15) is 29.8 Å². The number of aliphatic carboxylic acids is 1. The van der Waals surface area contributed by atoms with E-state index in [2.05, 4.69) is 10.3 Å². The Kier molecular flexibility index (Phi) is 6.65. The lowest BCUT2D eigenvalue weighted by molar-refractivity contribution is -0.141. The predicted octanol–water partition coefficient (Wildman–Crippen LogP) is 2.11. The van der Waals surface area contributed by atoms with Crippen LogP contribution >= 0.6 is 0 Å². The highest BCUT2D eigenvalue weighted by molar-refractivity contribution is 5.97. The maximum atomic E-state index is 12.9. The summed E-state index contributed by atoms with van der Waals surface area (Å²) in [5.41, 5.74) is 3.08. The number of carbonyl (C=O) groups excluding carboxylic acids is 2. The van der Waals surface area contributed by atoms with Crippen molar-refractivity contribution in [1.29, 1.82) is 0 Å². The normalized spacial score (nSPS) is 11.5. The van der Waals surface area contributed by atoms with Gasteiger partial charge in [0.05, 0.1) is 5.56 Å². The smallest absolute Gasteiger partial charge is 0.326 e. The Morgan fingerprint density at radius 2 is 1.93 bits per heavy atom. The Balaban J connectivity index is 2.29. The van der Waals surface area contributed by atoms with Crippen molar-refractivity contribution in [2.24, 2.45) is 0 Å². The number of carboxylic acids is 1. The van der Waals surface area contributed by atoms with Crippen molar-refractivity contribution >= 4 is 17.8 Å². The predicted molar refractivity (Wildman–Crippen MR) is 101 cm³/mol. The van der Waals surface area contributed by atoms with Crippen LogP contribution in [0.5, 0.6) is 0 Å². The molecule has 1 aromatic carbocycles. The molecule has 1 heterocycles. The molecule has 1 unspecified atom stereocenters. The lowest BCUT2D eigenvalue weighted by Crippen LogP contribution is -2.46. The fourth-order valence-corrected chi connectivity index (χ4v) is 2.66. The van der Waals surface area contributed by atoms with E-state index in [1.807, 2.05) is 31.2 Å². The van der Waals surface area contributed by atoms with Crippen LogP contribution < -0.4 is 5.32 Å². The Bertz CT molecular complexity index is 851. The summed E-state index contributed by atoms with van der Waals surface area (Å²) in [6, 6.07) is 8.47. The van der Waals surface area contributed by atoms with Crippen LogP contribution in [0, 0.1) is 6.92 Å². The second-order valence-corrected chi connectivity index (χ2v) is 6.33. The number of aryl methyl sites for hydroxylation is 1. The van der Waals surface area contributed by atoms with E-state index in [9.17, 15) is 19.5 Å². The maximum absolute atomic E-state index is 12.9. The van der Waals surface area contributed by atoms with Crippen LogP contribution in [0.3, 0.4) is 0 Å². The molecule has 0 saturated carbocycles. The van der Waals surface area contributed by atoms with Crippen molar-refractivity contribution in [2.45, 2.75) is 26.8 Å². The maximum Gasteiger partial charge on any atom is 0.326 e. The van der Waals surface area contributed by atoms with Gasteiger partial charge in [0.2, 0.25) is 5.91 Å². The third-order valence-electron chi connectivity index (χ3n) is 4.15. The first-order chi connectivity index (χ1) is 12.8. The second-order valence-electron chi connectivity index (χ2n) is 6.33. The van der Waals surface area contributed by atoms with Crippen molar-refractivity contribution < 1.29 is 19.5 Å². The van der Waals surface area contributed by atoms with E-state index in [0.29, 0.717) is 5.56 Å². The number of amides is 2. The molecule has 142 valence electrons. The molecule has 2 amide bonds. The zero-order chi connectivity index (χ0) is 20.0. The van der Waals surface area contributed by atoms with Gasteiger partial charge in [-0.2, -0.15) is 0 Å². The van der Waals surface area contributed by atoms with Crippen LogP contribution in [0.2, 0.25) is 0 Å². The fraction of sp³-hybridized carbons (Fsp3) is 0.300. The van der Waals surface area contributed by atoms with Crippen LogP contribution in [0.15, 0.2) is 42.7 Å². The lowest BCUT2D eigenvalue weighted by Gasteiger charge is -2.26. The topological polar surface area (TPSA) is 99.6 Å². The highest BCUT2D eigenvalue weighted by Crippen LogP contribution is 2.21. The fourth-order valence-electron chi connectivity index (χ4n) is 2.66. The molecular formula is C20H23N3O4. The third-order valence-corrected chi connectivity index (χ3v) is 4.15. The molecule has 0 aliphatic carbocycles. The monoisotopic (exact) mass is 369 g/mol. The number of carbonyl (C=O) groups is 3. The van der Waals surface area contributed by atoms with Crippen molar-refractivity contribution in [3.63, 3.8) is 0 Å². The second kappa shape index (κ2) is 8.93. The molecule has 2 aromatic rings. The molecular weight excluding hydrogens is 346 g/mol. The van der Waals surface area contributed by atoms with Crippen LogP contribution in [-0.2, 0) is 9.59 Å². The molecule has 0 saturated heterocycles. The molecule has 2 N–H and O–H groups in total. The Hall–Kier alpha value is -3.22. The van der Waals surface area contributed by atoms with Crippen molar-refractivity contribution in [2.75, 3.05) is 13.1 Å². The quantitative estimate of drug-likeness (QED) is 0.779. The van der Waals surface area contributed by atoms with Crippen LogP contribution in [-0.4, -0.2) is 51.9 Å². The Morgan fingerprint density at radius 1 is 1.19 bits per heavy atom. The number of carboxylic acid groups (broad SMARTS) is 1. The van der Waals surface area contributed by atoms with Gasteiger partial charge in [0.15, 0.2) is 0 Å². The Labute approximate surface area is 158 Å². The average molecular weight is 369 g/mol. The molecule has 1 aromatic heterocycles. The molecule has 0 bridgehead atoms. The number of hydrogen-bond donors (Lipinski definition) is 2. The van der Waals surface area contributed by atoms with Gasteiger partial charge in [-0.15, -0.1) is 0 Å². The molecule has 1 atom stereocenters. The van der Waals surface area contributed by atoms with E-state index in [1.54, 1.807) is 12.3 Å². The molecule has 7 nitrogen and oxygen atoms in total. The molecule has 0 fully saturated rings. The van der Waals surface area contributed by atoms with Gasteiger partial charge >= 0.3 is 5.97 Å². The van der Waals surface area contributed by atoms with E-state index >= 15 is 0 Å². The van der Waals surface area contributed by atoms with Gasteiger partial charge in [-0.05, 0) is 25.5 Å². The summed E-state index contributed by atoms with van der Waals surface area (Å²) in [5, 5.41) is 11.9.